The van der Waals surface area contributed by atoms with E-state index in [9.17, 15) is 22.8 Å². The van der Waals surface area contributed by atoms with Gasteiger partial charge in [-0.3, -0.25) is 14.6 Å². The van der Waals surface area contributed by atoms with Gasteiger partial charge in [-0.15, -0.1) is 5.10 Å². The van der Waals surface area contributed by atoms with Crippen LogP contribution in [0.1, 0.15) is 5.56 Å². The molecule has 0 saturated heterocycles. The molecule has 1 amide bonds. The zero-order valence-electron chi connectivity index (χ0n) is 11.1. The monoisotopic (exact) mass is 364 g/mol. The zero-order chi connectivity index (χ0) is 17.0. The van der Waals surface area contributed by atoms with E-state index in [4.69, 9.17) is 11.6 Å². The lowest BCUT2D eigenvalue weighted by Gasteiger charge is -2.11. The maximum Gasteiger partial charge on any atom is 0.416 e. The summed E-state index contributed by atoms with van der Waals surface area (Å²) in [4.78, 5) is 25.1. The number of carbonyl (C=O) groups excluding carboxylic acids is 1. The molecular formula is C12H8ClF3N4O2S. The molecule has 0 atom stereocenters. The van der Waals surface area contributed by atoms with Crippen LogP contribution in [0.25, 0.3) is 0 Å². The highest BCUT2D eigenvalue weighted by atomic mass is 35.5. The van der Waals surface area contributed by atoms with Gasteiger partial charge in [-0.05, 0) is 18.2 Å². The molecule has 0 radical (unpaired) electrons. The molecule has 1 aromatic carbocycles. The maximum atomic E-state index is 12.6. The first kappa shape index (κ1) is 17.3. The number of hydrogen-bond donors (Lipinski definition) is 2. The smallest absolute Gasteiger partial charge is 0.324 e. The van der Waals surface area contributed by atoms with Crippen LogP contribution in [0.15, 0.2) is 34.3 Å². The summed E-state index contributed by atoms with van der Waals surface area (Å²) in [5, 5.41) is 9.36. The molecule has 11 heteroatoms. The van der Waals surface area contributed by atoms with Crippen molar-refractivity contribution < 1.29 is 18.0 Å². The molecule has 0 fully saturated rings. The minimum Gasteiger partial charge on any atom is -0.324 e. The molecule has 122 valence electrons. The fourth-order valence-electron chi connectivity index (χ4n) is 1.48. The van der Waals surface area contributed by atoms with Gasteiger partial charge in [0.1, 0.15) is 6.20 Å². The van der Waals surface area contributed by atoms with E-state index >= 15 is 0 Å². The van der Waals surface area contributed by atoms with E-state index in [0.717, 1.165) is 36.2 Å². The Hall–Kier alpha value is -2.07. The van der Waals surface area contributed by atoms with Crippen molar-refractivity contribution in [2.75, 3.05) is 11.1 Å². The summed E-state index contributed by atoms with van der Waals surface area (Å²) in [6.07, 6.45) is -3.58. The molecule has 0 bridgehead atoms. The van der Waals surface area contributed by atoms with Crippen molar-refractivity contribution in [1.29, 1.82) is 0 Å². The SMILES string of the molecule is O=C(CSc1nncc(=O)[nH]1)Nc1cc(C(F)(F)F)ccc1Cl. The predicted octanol–water partition coefficient (Wildman–Crippen LogP) is 2.57. The van der Waals surface area contributed by atoms with Crippen LogP contribution in [0.5, 0.6) is 0 Å². The third-order valence-corrected chi connectivity index (χ3v) is 3.65. The highest BCUT2D eigenvalue weighted by Crippen LogP contribution is 2.33. The van der Waals surface area contributed by atoms with E-state index in [0.29, 0.717) is 0 Å². The van der Waals surface area contributed by atoms with Crippen LogP contribution < -0.4 is 10.9 Å². The third-order valence-electron chi connectivity index (χ3n) is 2.46. The maximum absolute atomic E-state index is 12.6. The van der Waals surface area contributed by atoms with Crippen molar-refractivity contribution in [3.8, 4) is 0 Å². The molecule has 2 aromatic rings. The van der Waals surface area contributed by atoms with Gasteiger partial charge in [0.15, 0.2) is 5.16 Å². The highest BCUT2D eigenvalue weighted by molar-refractivity contribution is 7.99. The second kappa shape index (κ2) is 7.01. The van der Waals surface area contributed by atoms with Crippen molar-refractivity contribution in [1.82, 2.24) is 15.2 Å². The van der Waals surface area contributed by atoms with Gasteiger partial charge in [-0.2, -0.15) is 18.3 Å². The minimum atomic E-state index is -4.54. The number of H-pyrrole nitrogens is 1. The number of hydrogen-bond acceptors (Lipinski definition) is 5. The first-order chi connectivity index (χ1) is 10.8. The van der Waals surface area contributed by atoms with Gasteiger partial charge in [0.05, 0.1) is 22.0 Å². The Morgan fingerprint density at radius 3 is 2.78 bits per heavy atom. The van der Waals surface area contributed by atoms with Crippen LogP contribution in [0.3, 0.4) is 0 Å². The van der Waals surface area contributed by atoms with E-state index in [-0.39, 0.29) is 21.6 Å². The van der Waals surface area contributed by atoms with Gasteiger partial charge in [0.25, 0.3) is 5.56 Å². The average molecular weight is 365 g/mol. The van der Waals surface area contributed by atoms with Crippen molar-refractivity contribution >= 4 is 35.0 Å². The first-order valence-electron chi connectivity index (χ1n) is 5.97. The van der Waals surface area contributed by atoms with Gasteiger partial charge in [0.2, 0.25) is 5.91 Å². The number of halogens is 4. The van der Waals surface area contributed by atoms with Gasteiger partial charge in [-0.1, -0.05) is 23.4 Å². The van der Waals surface area contributed by atoms with E-state index in [2.05, 4.69) is 20.5 Å². The molecule has 1 aromatic heterocycles. The lowest BCUT2D eigenvalue weighted by molar-refractivity contribution is -0.137. The van der Waals surface area contributed by atoms with Gasteiger partial charge in [-0.25, -0.2) is 0 Å². The predicted molar refractivity (Wildman–Crippen MR) is 78.5 cm³/mol. The van der Waals surface area contributed by atoms with Crippen molar-refractivity contribution in [2.24, 2.45) is 0 Å². The molecule has 0 aliphatic carbocycles. The number of amides is 1. The van der Waals surface area contributed by atoms with Crippen molar-refractivity contribution in [3.05, 3.63) is 45.3 Å². The molecule has 0 unspecified atom stereocenters. The average Bonchev–Trinajstić information content (AvgIpc) is 2.46. The quantitative estimate of drug-likeness (QED) is 0.814. The summed E-state index contributed by atoms with van der Waals surface area (Å²) < 4.78 is 37.9. The van der Waals surface area contributed by atoms with E-state index in [1.54, 1.807) is 0 Å². The van der Waals surface area contributed by atoms with Crippen LogP contribution in [-0.2, 0) is 11.0 Å². The topological polar surface area (TPSA) is 87.7 Å². The van der Waals surface area contributed by atoms with Crippen molar-refractivity contribution in [2.45, 2.75) is 11.3 Å². The summed E-state index contributed by atoms with van der Waals surface area (Å²) >= 11 is 6.64. The molecule has 0 saturated carbocycles. The van der Waals surface area contributed by atoms with Gasteiger partial charge in [0, 0.05) is 0 Å². The molecule has 2 rings (SSSR count). The number of aromatic nitrogens is 3. The number of nitrogens with one attached hydrogen (secondary N) is 2. The Morgan fingerprint density at radius 2 is 2.13 bits per heavy atom. The number of nitrogens with zero attached hydrogens (tertiary/aromatic N) is 2. The molecule has 0 spiro atoms. The number of aromatic amines is 1. The largest absolute Gasteiger partial charge is 0.416 e. The Kier molecular flexibility index (Phi) is 5.26. The second-order valence-corrected chi connectivity index (χ2v) is 5.54. The van der Waals surface area contributed by atoms with Crippen LogP contribution in [0, 0.1) is 0 Å². The van der Waals surface area contributed by atoms with Crippen LogP contribution in [0.2, 0.25) is 5.02 Å². The van der Waals surface area contributed by atoms with Gasteiger partial charge < -0.3 is 5.32 Å². The normalized spacial score (nSPS) is 11.3. The standard InChI is InChI=1S/C12H8ClF3N4O2S/c13-7-2-1-6(12(14,15)16)3-8(7)18-10(22)5-23-11-19-9(21)4-17-20-11/h1-4H,5H2,(H,18,22)(H,19,20,21). The Bertz CT molecular complexity index is 781. The fraction of sp³-hybridized carbons (Fsp3) is 0.167. The number of thioether (sulfide) groups is 1. The van der Waals surface area contributed by atoms with E-state index < -0.39 is 23.2 Å². The molecule has 0 aliphatic rings. The number of benzene rings is 1. The highest BCUT2D eigenvalue weighted by Gasteiger charge is 2.31. The second-order valence-electron chi connectivity index (χ2n) is 4.17. The summed E-state index contributed by atoms with van der Waals surface area (Å²) in [5.74, 6) is -0.802. The van der Waals surface area contributed by atoms with Crippen molar-refractivity contribution in [3.63, 3.8) is 0 Å². The number of anilines is 1. The van der Waals surface area contributed by atoms with Crippen LogP contribution in [-0.4, -0.2) is 26.8 Å². The molecule has 1 heterocycles. The van der Waals surface area contributed by atoms with Crippen LogP contribution in [0.4, 0.5) is 18.9 Å². The molecule has 0 aliphatic heterocycles. The lowest BCUT2D eigenvalue weighted by Crippen LogP contribution is -2.16. The Labute approximate surface area is 136 Å². The Morgan fingerprint density at radius 1 is 1.39 bits per heavy atom. The van der Waals surface area contributed by atoms with Gasteiger partial charge >= 0.3 is 6.18 Å². The third kappa shape index (κ3) is 4.96. The number of rotatable bonds is 4. The first-order valence-corrected chi connectivity index (χ1v) is 7.33. The van der Waals surface area contributed by atoms with E-state index in [1.807, 2.05) is 0 Å². The molecule has 23 heavy (non-hydrogen) atoms. The summed E-state index contributed by atoms with van der Waals surface area (Å²) in [7, 11) is 0. The Balaban J connectivity index is 2.04. The number of carbonyl (C=O) groups is 1. The van der Waals surface area contributed by atoms with Crippen LogP contribution >= 0.6 is 23.4 Å². The van der Waals surface area contributed by atoms with E-state index in [1.165, 1.54) is 0 Å². The summed E-state index contributed by atoms with van der Waals surface area (Å²) in [5.41, 5.74) is -1.56. The summed E-state index contributed by atoms with van der Waals surface area (Å²) in [6, 6.07) is 2.61. The molecular weight excluding hydrogens is 357 g/mol. The molecule has 6 nitrogen and oxygen atoms in total. The lowest BCUT2D eigenvalue weighted by atomic mass is 10.2. The number of alkyl halides is 3. The zero-order valence-corrected chi connectivity index (χ0v) is 12.7. The minimum absolute atomic E-state index is 0.0238. The fourth-order valence-corrected chi connectivity index (χ4v) is 2.26. The molecule has 2 N–H and O–H groups in total. The summed E-state index contributed by atoms with van der Waals surface area (Å²) in [6.45, 7) is 0.